The second-order valence-corrected chi connectivity index (χ2v) is 9.98. The van der Waals surface area contributed by atoms with Gasteiger partial charge >= 0.3 is 5.97 Å². The van der Waals surface area contributed by atoms with E-state index in [4.69, 9.17) is 14.2 Å². The van der Waals surface area contributed by atoms with Crippen LogP contribution in [-0.2, 0) is 15.9 Å². The molecule has 3 fully saturated rings. The molecule has 31 heavy (non-hydrogen) atoms. The average Bonchev–Trinajstić information content (AvgIpc) is 3.40. The predicted molar refractivity (Wildman–Crippen MR) is 117 cm³/mol. The molecule has 0 amide bonds. The fourth-order valence-electron chi connectivity index (χ4n) is 7.25. The van der Waals surface area contributed by atoms with E-state index < -0.39 is 0 Å². The lowest BCUT2D eigenvalue weighted by molar-refractivity contribution is -0.237. The number of esters is 1. The molecule has 2 saturated carbocycles. The second kappa shape index (κ2) is 7.18. The van der Waals surface area contributed by atoms with Crippen LogP contribution in [0, 0.1) is 17.3 Å². The monoisotopic (exact) mass is 418 g/mol. The summed E-state index contributed by atoms with van der Waals surface area (Å²) in [5, 5.41) is 0. The summed E-state index contributed by atoms with van der Waals surface area (Å²) in [7, 11) is 0. The zero-order valence-electron chi connectivity index (χ0n) is 18.1. The summed E-state index contributed by atoms with van der Waals surface area (Å²) in [5.74, 6) is 1.97. The Kier molecular flexibility index (Phi) is 4.52. The van der Waals surface area contributed by atoms with Crippen LogP contribution in [0.3, 0.4) is 0 Å². The van der Waals surface area contributed by atoms with Crippen LogP contribution in [0.5, 0.6) is 5.75 Å². The van der Waals surface area contributed by atoms with Crippen molar-refractivity contribution in [1.82, 2.24) is 0 Å². The molecule has 1 aliphatic heterocycles. The van der Waals surface area contributed by atoms with Gasteiger partial charge in [0.25, 0.3) is 0 Å². The molecule has 0 aromatic heterocycles. The highest BCUT2D eigenvalue weighted by Crippen LogP contribution is 2.66. The Morgan fingerprint density at radius 2 is 1.81 bits per heavy atom. The predicted octanol–water partition coefficient (Wildman–Crippen LogP) is 5.51. The van der Waals surface area contributed by atoms with Crippen molar-refractivity contribution < 1.29 is 19.0 Å². The summed E-state index contributed by atoms with van der Waals surface area (Å²) in [5.41, 5.74) is 3.53. The van der Waals surface area contributed by atoms with Crippen molar-refractivity contribution >= 4 is 5.97 Å². The number of rotatable bonds is 2. The minimum atomic E-state index is -0.335. The summed E-state index contributed by atoms with van der Waals surface area (Å²) in [6.45, 7) is 3.90. The minimum absolute atomic E-state index is 0.132. The van der Waals surface area contributed by atoms with Gasteiger partial charge in [-0.25, -0.2) is 4.79 Å². The van der Waals surface area contributed by atoms with Gasteiger partial charge in [0.15, 0.2) is 5.79 Å². The van der Waals surface area contributed by atoms with Crippen LogP contribution < -0.4 is 4.74 Å². The molecule has 1 spiro atoms. The van der Waals surface area contributed by atoms with Crippen LogP contribution in [0.25, 0.3) is 0 Å². The molecule has 6 rings (SSSR count). The largest absolute Gasteiger partial charge is 0.423 e. The standard InChI is InChI=1S/C27H30O4/c1-26-13-11-22-21-10-8-20(31-25(28)18-5-3-2-4-6-18)17-19(21)7-9-23(22)24(26)12-14-27(26)29-15-16-30-27/h2-6,8,10,17,22-24H,7,9,11-16H2,1H3. The number of benzene rings is 2. The molecule has 4 heteroatoms. The molecule has 0 N–H and O–H groups in total. The third-order valence-corrected chi connectivity index (χ3v) is 8.72. The van der Waals surface area contributed by atoms with Gasteiger partial charge in [-0.05, 0) is 85.3 Å². The van der Waals surface area contributed by atoms with Crippen molar-refractivity contribution in [3.63, 3.8) is 0 Å². The van der Waals surface area contributed by atoms with Gasteiger partial charge in [-0.3, -0.25) is 0 Å². The normalized spacial score (nSPS) is 32.9. The van der Waals surface area contributed by atoms with E-state index in [1.807, 2.05) is 24.3 Å². The maximum atomic E-state index is 12.4. The summed E-state index contributed by atoms with van der Waals surface area (Å²) < 4.78 is 18.2. The minimum Gasteiger partial charge on any atom is -0.423 e. The smallest absolute Gasteiger partial charge is 0.343 e. The first-order valence-electron chi connectivity index (χ1n) is 11.8. The first-order valence-corrected chi connectivity index (χ1v) is 11.8. The number of aryl methyl sites for hydroxylation is 1. The number of hydrogen-bond donors (Lipinski definition) is 0. The molecule has 4 nitrogen and oxygen atoms in total. The third-order valence-electron chi connectivity index (χ3n) is 8.72. The topological polar surface area (TPSA) is 44.8 Å². The number of fused-ring (bicyclic) bond motifs is 6. The number of hydrogen-bond acceptors (Lipinski definition) is 4. The lowest BCUT2D eigenvalue weighted by Gasteiger charge is -2.52. The van der Waals surface area contributed by atoms with Gasteiger partial charge < -0.3 is 14.2 Å². The zero-order chi connectivity index (χ0) is 21.1. The van der Waals surface area contributed by atoms with Crippen LogP contribution in [0.2, 0.25) is 0 Å². The molecule has 3 aliphatic carbocycles. The Hall–Kier alpha value is -2.17. The highest BCUT2D eigenvalue weighted by molar-refractivity contribution is 5.91. The molecule has 162 valence electrons. The molecule has 4 atom stereocenters. The van der Waals surface area contributed by atoms with E-state index in [1.165, 1.54) is 30.4 Å². The molecular weight excluding hydrogens is 388 g/mol. The van der Waals surface area contributed by atoms with E-state index in [0.29, 0.717) is 29.1 Å². The highest BCUT2D eigenvalue weighted by Gasteiger charge is 2.64. The van der Waals surface area contributed by atoms with E-state index in [0.717, 1.165) is 32.5 Å². The van der Waals surface area contributed by atoms with Gasteiger partial charge in [-0.2, -0.15) is 0 Å². The van der Waals surface area contributed by atoms with Crippen molar-refractivity contribution in [2.45, 2.75) is 57.2 Å². The Morgan fingerprint density at radius 3 is 2.61 bits per heavy atom. The number of ether oxygens (including phenoxy) is 3. The summed E-state index contributed by atoms with van der Waals surface area (Å²) in [6.07, 6.45) is 6.84. The summed E-state index contributed by atoms with van der Waals surface area (Å²) >= 11 is 0. The second-order valence-electron chi connectivity index (χ2n) is 9.98. The maximum absolute atomic E-state index is 12.4. The zero-order valence-corrected chi connectivity index (χ0v) is 18.1. The van der Waals surface area contributed by atoms with E-state index in [9.17, 15) is 4.79 Å². The van der Waals surface area contributed by atoms with Gasteiger partial charge in [0.2, 0.25) is 0 Å². The Bertz CT molecular complexity index is 994. The fourth-order valence-corrected chi connectivity index (χ4v) is 7.25. The van der Waals surface area contributed by atoms with Crippen LogP contribution in [-0.4, -0.2) is 25.0 Å². The van der Waals surface area contributed by atoms with Gasteiger partial charge in [0, 0.05) is 11.8 Å². The first kappa shape index (κ1) is 19.5. The van der Waals surface area contributed by atoms with Gasteiger partial charge in [-0.15, -0.1) is 0 Å². The molecule has 1 saturated heterocycles. The number of carbonyl (C=O) groups is 1. The molecule has 0 bridgehead atoms. The molecule has 1 heterocycles. The molecule has 4 aliphatic rings. The van der Waals surface area contributed by atoms with Crippen LogP contribution in [0.4, 0.5) is 0 Å². The molecular formula is C27H30O4. The molecule has 0 radical (unpaired) electrons. The first-order chi connectivity index (χ1) is 15.1. The van der Waals surface area contributed by atoms with Crippen molar-refractivity contribution in [3.8, 4) is 5.75 Å². The quantitative estimate of drug-likeness (QED) is 0.477. The van der Waals surface area contributed by atoms with Crippen LogP contribution >= 0.6 is 0 Å². The summed E-state index contributed by atoms with van der Waals surface area (Å²) in [4.78, 5) is 12.4. The Morgan fingerprint density at radius 1 is 1.00 bits per heavy atom. The lowest BCUT2D eigenvalue weighted by atomic mass is 9.55. The van der Waals surface area contributed by atoms with Crippen LogP contribution in [0.15, 0.2) is 48.5 Å². The average molecular weight is 419 g/mol. The van der Waals surface area contributed by atoms with E-state index in [2.05, 4.69) is 19.1 Å². The molecule has 2 aromatic rings. The lowest BCUT2D eigenvalue weighted by Crippen LogP contribution is -2.51. The Labute approximate surface area is 183 Å². The maximum Gasteiger partial charge on any atom is 0.343 e. The highest BCUT2D eigenvalue weighted by atomic mass is 16.7. The Balaban J connectivity index is 1.23. The third kappa shape index (κ3) is 2.91. The van der Waals surface area contributed by atoms with Crippen molar-refractivity contribution in [1.29, 1.82) is 0 Å². The number of carbonyl (C=O) groups excluding carboxylic acids is 1. The summed E-state index contributed by atoms with van der Waals surface area (Å²) in [6, 6.07) is 15.5. The van der Waals surface area contributed by atoms with Gasteiger partial charge in [0.1, 0.15) is 5.75 Å². The van der Waals surface area contributed by atoms with Crippen molar-refractivity contribution in [2.75, 3.05) is 13.2 Å². The SMILES string of the molecule is CC12CCC3c4ccc(OC(=O)c5ccccc5)cc4CCC3C1CCC21OCCO1. The van der Waals surface area contributed by atoms with E-state index in [-0.39, 0.29) is 17.2 Å². The van der Waals surface area contributed by atoms with Crippen LogP contribution in [0.1, 0.15) is 66.4 Å². The molecule has 4 unspecified atom stereocenters. The van der Waals surface area contributed by atoms with Crippen molar-refractivity contribution in [3.05, 3.63) is 65.2 Å². The van der Waals surface area contributed by atoms with Crippen molar-refractivity contribution in [2.24, 2.45) is 17.3 Å². The fraction of sp³-hybridized carbons (Fsp3) is 0.519. The van der Waals surface area contributed by atoms with E-state index in [1.54, 1.807) is 12.1 Å². The van der Waals surface area contributed by atoms with E-state index >= 15 is 0 Å². The van der Waals surface area contributed by atoms with Gasteiger partial charge in [-0.1, -0.05) is 31.2 Å². The van der Waals surface area contributed by atoms with Gasteiger partial charge in [0.05, 0.1) is 18.8 Å². The molecule has 2 aromatic carbocycles.